The van der Waals surface area contributed by atoms with Crippen molar-refractivity contribution >= 4 is 11.9 Å². The first-order valence-electron chi connectivity index (χ1n) is 7.48. The molecule has 2 rings (SSSR count). The predicted molar refractivity (Wildman–Crippen MR) is 82.7 cm³/mol. The summed E-state index contributed by atoms with van der Waals surface area (Å²) < 4.78 is 48.5. The molecule has 1 atom stereocenters. The van der Waals surface area contributed by atoms with Gasteiger partial charge in [-0.3, -0.25) is 4.79 Å². The number of carbonyl (C=O) groups is 2. The Morgan fingerprint density at radius 1 is 1.24 bits per heavy atom. The zero-order chi connectivity index (χ0) is 18.6. The number of furan rings is 1. The van der Waals surface area contributed by atoms with Crippen molar-refractivity contribution in [1.29, 1.82) is 0 Å². The molecule has 1 aromatic heterocycles. The van der Waals surface area contributed by atoms with Gasteiger partial charge in [0.1, 0.15) is 5.76 Å². The van der Waals surface area contributed by atoms with Crippen LogP contribution in [0.15, 0.2) is 40.8 Å². The molecule has 1 amide bonds. The first kappa shape index (κ1) is 18.6. The van der Waals surface area contributed by atoms with Crippen molar-refractivity contribution < 1.29 is 31.9 Å². The Balaban J connectivity index is 2.15. The van der Waals surface area contributed by atoms with Crippen LogP contribution in [0, 0.1) is 0 Å². The molecule has 1 unspecified atom stereocenters. The lowest BCUT2D eigenvalue weighted by Crippen LogP contribution is -2.35. The molecule has 0 aliphatic heterocycles. The summed E-state index contributed by atoms with van der Waals surface area (Å²) in [5, 5.41) is 2.50. The fraction of sp³-hybridized carbons (Fsp3) is 0.294. The molecule has 1 heterocycles. The van der Waals surface area contributed by atoms with Gasteiger partial charge >= 0.3 is 12.1 Å². The molecule has 8 heteroatoms. The number of halogens is 3. The molecule has 0 saturated carbocycles. The average Bonchev–Trinajstić information content (AvgIpc) is 3.04. The fourth-order valence-electron chi connectivity index (χ4n) is 2.04. The summed E-state index contributed by atoms with van der Waals surface area (Å²) in [7, 11) is 0. The lowest BCUT2D eigenvalue weighted by Gasteiger charge is -2.11. The summed E-state index contributed by atoms with van der Waals surface area (Å²) in [5.41, 5.74) is -0.652. The molecule has 0 saturated heterocycles. The maximum absolute atomic E-state index is 12.8. The van der Waals surface area contributed by atoms with E-state index in [4.69, 9.17) is 9.15 Å². The first-order valence-corrected chi connectivity index (χ1v) is 7.48. The Bertz CT molecular complexity index is 767. The minimum atomic E-state index is -4.48. The zero-order valence-electron chi connectivity index (χ0n) is 13.5. The normalized spacial score (nSPS) is 12.5. The van der Waals surface area contributed by atoms with Gasteiger partial charge in [0.2, 0.25) is 5.76 Å². The Kier molecular flexibility index (Phi) is 5.51. The second-order valence-corrected chi connectivity index (χ2v) is 5.18. The number of likely N-dealkylation sites (N-methyl/N-ethyl adjacent to an activating group) is 1. The van der Waals surface area contributed by atoms with Crippen molar-refractivity contribution in [2.75, 3.05) is 6.54 Å². The van der Waals surface area contributed by atoms with Crippen molar-refractivity contribution in [3.63, 3.8) is 0 Å². The smallest absolute Gasteiger partial charge is 0.416 e. The van der Waals surface area contributed by atoms with Gasteiger partial charge in [-0.1, -0.05) is 12.1 Å². The Labute approximate surface area is 141 Å². The van der Waals surface area contributed by atoms with Crippen molar-refractivity contribution in [2.45, 2.75) is 26.1 Å². The van der Waals surface area contributed by atoms with Gasteiger partial charge in [-0.25, -0.2) is 4.79 Å². The molecule has 5 nitrogen and oxygen atoms in total. The Morgan fingerprint density at radius 3 is 2.60 bits per heavy atom. The van der Waals surface area contributed by atoms with Gasteiger partial charge in [-0.05, 0) is 38.1 Å². The number of amides is 1. The number of benzene rings is 1. The number of nitrogens with one attached hydrogen (secondary N) is 1. The van der Waals surface area contributed by atoms with Crippen LogP contribution in [0.1, 0.15) is 30.0 Å². The molecule has 1 N–H and O–H groups in total. The van der Waals surface area contributed by atoms with Gasteiger partial charge < -0.3 is 14.5 Å². The van der Waals surface area contributed by atoms with Gasteiger partial charge in [0, 0.05) is 12.1 Å². The Hall–Kier alpha value is -2.77. The van der Waals surface area contributed by atoms with E-state index in [2.05, 4.69) is 5.32 Å². The fourth-order valence-corrected chi connectivity index (χ4v) is 2.04. The van der Waals surface area contributed by atoms with E-state index in [0.29, 0.717) is 6.54 Å². The minimum Gasteiger partial charge on any atom is -0.449 e. The van der Waals surface area contributed by atoms with E-state index < -0.39 is 29.7 Å². The molecular weight excluding hydrogens is 339 g/mol. The maximum atomic E-state index is 12.8. The molecule has 0 aliphatic rings. The van der Waals surface area contributed by atoms with Gasteiger partial charge in [0.05, 0.1) is 5.56 Å². The first-order chi connectivity index (χ1) is 11.7. The highest BCUT2D eigenvalue weighted by Gasteiger charge is 2.30. The summed E-state index contributed by atoms with van der Waals surface area (Å²) >= 11 is 0. The summed E-state index contributed by atoms with van der Waals surface area (Å²) in [6, 6.07) is 7.18. The predicted octanol–water partition coefficient (Wildman–Crippen LogP) is 3.65. The molecule has 25 heavy (non-hydrogen) atoms. The quantitative estimate of drug-likeness (QED) is 0.832. The zero-order valence-corrected chi connectivity index (χ0v) is 13.5. The van der Waals surface area contributed by atoms with E-state index in [1.54, 1.807) is 6.92 Å². The van der Waals surface area contributed by atoms with Crippen molar-refractivity contribution in [1.82, 2.24) is 5.32 Å². The van der Waals surface area contributed by atoms with Crippen LogP contribution >= 0.6 is 0 Å². The van der Waals surface area contributed by atoms with Crippen molar-refractivity contribution in [3.05, 3.63) is 47.7 Å². The minimum absolute atomic E-state index is 0.0868. The largest absolute Gasteiger partial charge is 0.449 e. The van der Waals surface area contributed by atoms with Gasteiger partial charge in [0.15, 0.2) is 6.10 Å². The number of alkyl halides is 3. The second-order valence-electron chi connectivity index (χ2n) is 5.18. The van der Waals surface area contributed by atoms with Crippen LogP contribution in [0.2, 0.25) is 0 Å². The number of rotatable bonds is 5. The third kappa shape index (κ3) is 4.62. The SMILES string of the molecule is CCNC(=O)C(C)OC(=O)c1ccc(-c2cccc(C(F)(F)F)c2)o1. The molecule has 0 spiro atoms. The van der Waals surface area contributed by atoms with Crippen LogP contribution < -0.4 is 5.32 Å². The van der Waals surface area contributed by atoms with Crippen LogP contribution in [-0.4, -0.2) is 24.5 Å². The highest BCUT2D eigenvalue weighted by atomic mass is 19.4. The molecule has 0 aliphatic carbocycles. The van der Waals surface area contributed by atoms with Gasteiger partial charge in [-0.15, -0.1) is 0 Å². The van der Waals surface area contributed by atoms with Gasteiger partial charge in [-0.2, -0.15) is 13.2 Å². The summed E-state index contributed by atoms with van der Waals surface area (Å²) in [6.45, 7) is 3.51. The summed E-state index contributed by atoms with van der Waals surface area (Å²) in [5.74, 6) is -1.45. The second kappa shape index (κ2) is 7.42. The number of carbonyl (C=O) groups excluding carboxylic acids is 2. The number of ether oxygens (including phenoxy) is 1. The van der Waals surface area contributed by atoms with E-state index in [-0.39, 0.29) is 17.1 Å². The third-order valence-corrected chi connectivity index (χ3v) is 3.29. The van der Waals surface area contributed by atoms with Crippen molar-refractivity contribution in [2.24, 2.45) is 0 Å². The third-order valence-electron chi connectivity index (χ3n) is 3.29. The lowest BCUT2D eigenvalue weighted by molar-refractivity contribution is -0.137. The van der Waals surface area contributed by atoms with Gasteiger partial charge in [0.25, 0.3) is 5.91 Å². The van der Waals surface area contributed by atoms with E-state index in [1.165, 1.54) is 31.2 Å². The van der Waals surface area contributed by atoms with Crippen molar-refractivity contribution in [3.8, 4) is 11.3 Å². The van der Waals surface area contributed by atoms with Crippen LogP contribution in [-0.2, 0) is 15.7 Å². The molecular formula is C17H16F3NO4. The van der Waals surface area contributed by atoms with E-state index in [9.17, 15) is 22.8 Å². The number of hydrogen-bond donors (Lipinski definition) is 1. The molecule has 0 radical (unpaired) electrons. The lowest BCUT2D eigenvalue weighted by atomic mass is 10.1. The number of esters is 1. The standard InChI is InChI=1S/C17H16F3NO4/c1-3-21-15(22)10(2)24-16(23)14-8-7-13(25-14)11-5-4-6-12(9-11)17(18,19)20/h4-10H,3H2,1-2H3,(H,21,22). The monoisotopic (exact) mass is 355 g/mol. The highest BCUT2D eigenvalue weighted by molar-refractivity contribution is 5.90. The van der Waals surface area contributed by atoms with Crippen LogP contribution in [0.4, 0.5) is 13.2 Å². The Morgan fingerprint density at radius 2 is 1.96 bits per heavy atom. The molecule has 134 valence electrons. The highest BCUT2D eigenvalue weighted by Crippen LogP contribution is 2.32. The summed E-state index contributed by atoms with van der Waals surface area (Å²) in [6.07, 6.45) is -5.50. The molecule has 0 fully saturated rings. The van der Waals surface area contributed by atoms with E-state index >= 15 is 0 Å². The summed E-state index contributed by atoms with van der Waals surface area (Å²) in [4.78, 5) is 23.5. The number of hydrogen-bond acceptors (Lipinski definition) is 4. The van der Waals surface area contributed by atoms with E-state index in [0.717, 1.165) is 12.1 Å². The average molecular weight is 355 g/mol. The molecule has 0 bridgehead atoms. The van der Waals surface area contributed by atoms with E-state index in [1.807, 2.05) is 0 Å². The molecule has 1 aromatic carbocycles. The molecule has 2 aromatic rings. The maximum Gasteiger partial charge on any atom is 0.416 e. The van der Waals surface area contributed by atoms with Crippen LogP contribution in [0.3, 0.4) is 0 Å². The van der Waals surface area contributed by atoms with Crippen LogP contribution in [0.25, 0.3) is 11.3 Å². The van der Waals surface area contributed by atoms with Crippen LogP contribution in [0.5, 0.6) is 0 Å². The topological polar surface area (TPSA) is 68.5 Å².